The van der Waals surface area contributed by atoms with Crippen molar-refractivity contribution >= 4 is 0 Å². The Morgan fingerprint density at radius 1 is 1.47 bits per heavy atom. The van der Waals surface area contributed by atoms with Crippen molar-refractivity contribution in [2.24, 2.45) is 11.8 Å². The van der Waals surface area contributed by atoms with Crippen LogP contribution in [0.4, 0.5) is 0 Å². The van der Waals surface area contributed by atoms with Gasteiger partial charge in [-0.25, -0.2) is 0 Å². The molecule has 2 rings (SSSR count). The SMILES string of the molecule is CC1CC1CN(C)CCOC1(C)CNC1. The van der Waals surface area contributed by atoms with Gasteiger partial charge in [-0.2, -0.15) is 0 Å². The predicted octanol–water partition coefficient (Wildman–Crippen LogP) is 0.953. The molecule has 0 radical (unpaired) electrons. The van der Waals surface area contributed by atoms with E-state index in [4.69, 9.17) is 4.74 Å². The summed E-state index contributed by atoms with van der Waals surface area (Å²) in [5.74, 6) is 1.91. The topological polar surface area (TPSA) is 24.5 Å². The minimum Gasteiger partial charge on any atom is -0.371 e. The van der Waals surface area contributed by atoms with Crippen LogP contribution in [0.25, 0.3) is 0 Å². The smallest absolute Gasteiger partial charge is 0.0902 e. The minimum absolute atomic E-state index is 0.119. The molecule has 1 N–H and O–H groups in total. The summed E-state index contributed by atoms with van der Waals surface area (Å²) in [4.78, 5) is 2.41. The molecule has 2 unspecified atom stereocenters. The summed E-state index contributed by atoms with van der Waals surface area (Å²) in [6.07, 6.45) is 1.42. The van der Waals surface area contributed by atoms with Gasteiger partial charge < -0.3 is 15.0 Å². The molecule has 0 aromatic rings. The second-order valence-electron chi connectivity index (χ2n) is 5.64. The Labute approximate surface area is 93.2 Å². The van der Waals surface area contributed by atoms with Gasteiger partial charge in [0.1, 0.15) is 0 Å². The zero-order valence-corrected chi connectivity index (χ0v) is 10.3. The van der Waals surface area contributed by atoms with Crippen molar-refractivity contribution in [2.45, 2.75) is 25.9 Å². The van der Waals surface area contributed by atoms with Crippen LogP contribution in [-0.2, 0) is 4.74 Å². The average Bonchev–Trinajstić information content (AvgIpc) is 2.78. The van der Waals surface area contributed by atoms with Crippen LogP contribution in [0.1, 0.15) is 20.3 Å². The van der Waals surface area contributed by atoms with Crippen LogP contribution in [0.5, 0.6) is 0 Å². The lowest BCUT2D eigenvalue weighted by Gasteiger charge is -2.39. The van der Waals surface area contributed by atoms with Crippen LogP contribution in [-0.4, -0.2) is 50.3 Å². The van der Waals surface area contributed by atoms with E-state index in [1.807, 2.05) is 0 Å². The zero-order valence-electron chi connectivity index (χ0n) is 10.3. The number of hydrogen-bond acceptors (Lipinski definition) is 3. The summed E-state index contributed by atoms with van der Waals surface area (Å²) in [5, 5.41) is 3.25. The van der Waals surface area contributed by atoms with Crippen LogP contribution in [0.15, 0.2) is 0 Å². The second-order valence-corrected chi connectivity index (χ2v) is 5.64. The lowest BCUT2D eigenvalue weighted by Crippen LogP contribution is -2.59. The second kappa shape index (κ2) is 4.40. The number of nitrogens with one attached hydrogen (secondary N) is 1. The fourth-order valence-electron chi connectivity index (χ4n) is 2.17. The van der Waals surface area contributed by atoms with Gasteiger partial charge in [-0.1, -0.05) is 6.92 Å². The minimum atomic E-state index is 0.119. The maximum Gasteiger partial charge on any atom is 0.0902 e. The maximum absolute atomic E-state index is 5.86. The van der Waals surface area contributed by atoms with Gasteiger partial charge >= 0.3 is 0 Å². The molecule has 1 heterocycles. The predicted molar refractivity (Wildman–Crippen MR) is 62.0 cm³/mol. The number of likely N-dealkylation sites (N-methyl/N-ethyl adjacent to an activating group) is 1. The Morgan fingerprint density at radius 2 is 2.13 bits per heavy atom. The van der Waals surface area contributed by atoms with Crippen molar-refractivity contribution in [2.75, 3.05) is 39.8 Å². The van der Waals surface area contributed by atoms with Gasteiger partial charge in [-0.15, -0.1) is 0 Å². The van der Waals surface area contributed by atoms with E-state index in [0.717, 1.165) is 38.1 Å². The summed E-state index contributed by atoms with van der Waals surface area (Å²) in [6, 6.07) is 0. The fraction of sp³-hybridized carbons (Fsp3) is 1.00. The monoisotopic (exact) mass is 212 g/mol. The molecule has 2 aliphatic rings. The molecule has 2 fully saturated rings. The molecule has 0 aromatic carbocycles. The van der Waals surface area contributed by atoms with E-state index >= 15 is 0 Å². The summed E-state index contributed by atoms with van der Waals surface area (Å²) in [7, 11) is 2.20. The first-order valence-electron chi connectivity index (χ1n) is 6.12. The van der Waals surface area contributed by atoms with Gasteiger partial charge in [0, 0.05) is 26.2 Å². The highest BCUT2D eigenvalue weighted by Gasteiger charge is 2.34. The molecule has 1 aliphatic carbocycles. The third-order valence-electron chi connectivity index (χ3n) is 3.74. The van der Waals surface area contributed by atoms with E-state index in [1.165, 1.54) is 13.0 Å². The van der Waals surface area contributed by atoms with Crippen LogP contribution in [0, 0.1) is 11.8 Å². The highest BCUT2D eigenvalue weighted by atomic mass is 16.5. The van der Waals surface area contributed by atoms with Gasteiger partial charge in [-0.3, -0.25) is 0 Å². The van der Waals surface area contributed by atoms with E-state index in [0.29, 0.717) is 0 Å². The van der Waals surface area contributed by atoms with Gasteiger partial charge in [0.2, 0.25) is 0 Å². The summed E-state index contributed by atoms with van der Waals surface area (Å²) in [5.41, 5.74) is 0.119. The Kier molecular flexibility index (Phi) is 3.33. The van der Waals surface area contributed by atoms with Gasteiger partial charge in [-0.05, 0) is 32.2 Å². The molecular weight excluding hydrogens is 188 g/mol. The van der Waals surface area contributed by atoms with Gasteiger partial charge in [0.15, 0.2) is 0 Å². The summed E-state index contributed by atoms with van der Waals surface area (Å²) < 4.78 is 5.86. The Balaban J connectivity index is 1.53. The third-order valence-corrected chi connectivity index (χ3v) is 3.74. The van der Waals surface area contributed by atoms with Crippen molar-refractivity contribution in [3.8, 4) is 0 Å². The number of ether oxygens (including phenoxy) is 1. The van der Waals surface area contributed by atoms with Crippen LogP contribution >= 0.6 is 0 Å². The molecule has 0 amide bonds. The largest absolute Gasteiger partial charge is 0.371 e. The summed E-state index contributed by atoms with van der Waals surface area (Å²) >= 11 is 0. The fourth-order valence-corrected chi connectivity index (χ4v) is 2.17. The molecule has 1 saturated carbocycles. The highest BCUT2D eigenvalue weighted by Crippen LogP contribution is 2.37. The van der Waals surface area contributed by atoms with E-state index in [2.05, 4.69) is 31.1 Å². The van der Waals surface area contributed by atoms with E-state index in [9.17, 15) is 0 Å². The van der Waals surface area contributed by atoms with E-state index in [1.54, 1.807) is 0 Å². The zero-order chi connectivity index (χ0) is 10.9. The highest BCUT2D eigenvalue weighted by molar-refractivity contribution is 4.90. The van der Waals surface area contributed by atoms with Crippen molar-refractivity contribution < 1.29 is 4.74 Å². The first kappa shape index (κ1) is 11.4. The van der Waals surface area contributed by atoms with Gasteiger partial charge in [0.05, 0.1) is 12.2 Å². The lowest BCUT2D eigenvalue weighted by molar-refractivity contribution is -0.0710. The quantitative estimate of drug-likeness (QED) is 0.709. The summed E-state index contributed by atoms with van der Waals surface area (Å²) in [6.45, 7) is 9.74. The molecule has 0 aromatic heterocycles. The van der Waals surface area contributed by atoms with Crippen molar-refractivity contribution in [1.82, 2.24) is 10.2 Å². The average molecular weight is 212 g/mol. The Morgan fingerprint density at radius 3 is 2.60 bits per heavy atom. The lowest BCUT2D eigenvalue weighted by atomic mass is 10.0. The van der Waals surface area contributed by atoms with Gasteiger partial charge in [0.25, 0.3) is 0 Å². The standard InChI is InChI=1S/C12H24N2O/c1-10-6-11(10)7-14(3)4-5-15-12(2)8-13-9-12/h10-11,13H,4-9H2,1-3H3. The van der Waals surface area contributed by atoms with E-state index in [-0.39, 0.29) is 5.60 Å². The first-order chi connectivity index (χ1) is 7.09. The van der Waals surface area contributed by atoms with Crippen LogP contribution in [0.2, 0.25) is 0 Å². The molecule has 0 spiro atoms. The normalized spacial score (nSPS) is 32.8. The first-order valence-corrected chi connectivity index (χ1v) is 6.12. The van der Waals surface area contributed by atoms with Crippen LogP contribution < -0.4 is 5.32 Å². The molecule has 1 aliphatic heterocycles. The van der Waals surface area contributed by atoms with Crippen molar-refractivity contribution in [3.05, 3.63) is 0 Å². The number of nitrogens with zero attached hydrogens (tertiary/aromatic N) is 1. The number of hydrogen-bond donors (Lipinski definition) is 1. The molecule has 2 atom stereocenters. The number of rotatable bonds is 6. The molecule has 0 bridgehead atoms. The van der Waals surface area contributed by atoms with E-state index < -0.39 is 0 Å². The Bertz CT molecular complexity index is 216. The third kappa shape index (κ3) is 3.16. The van der Waals surface area contributed by atoms with Crippen LogP contribution in [0.3, 0.4) is 0 Å². The maximum atomic E-state index is 5.86. The van der Waals surface area contributed by atoms with Crippen molar-refractivity contribution in [3.63, 3.8) is 0 Å². The Hall–Kier alpha value is -0.120. The molecular formula is C12H24N2O. The molecule has 15 heavy (non-hydrogen) atoms. The molecule has 3 heteroatoms. The molecule has 88 valence electrons. The van der Waals surface area contributed by atoms with Crippen molar-refractivity contribution in [1.29, 1.82) is 0 Å². The molecule has 1 saturated heterocycles. The molecule has 3 nitrogen and oxygen atoms in total.